The third-order valence-electron chi connectivity index (χ3n) is 2.99. The second-order valence-corrected chi connectivity index (χ2v) is 5.18. The fraction of sp³-hybridized carbons (Fsp3) is 0.385. The number of rotatable bonds is 3. The second kappa shape index (κ2) is 4.44. The third-order valence-corrected chi connectivity index (χ3v) is 3.89. The van der Waals surface area contributed by atoms with Crippen LogP contribution >= 0.6 is 11.3 Å². The van der Waals surface area contributed by atoms with Gasteiger partial charge in [0.15, 0.2) is 0 Å². The van der Waals surface area contributed by atoms with E-state index in [4.69, 9.17) is 10.2 Å². The van der Waals surface area contributed by atoms with Crippen molar-refractivity contribution in [2.24, 2.45) is 5.73 Å². The molecule has 2 aromatic heterocycles. The average molecular weight is 235 g/mol. The van der Waals surface area contributed by atoms with Gasteiger partial charge in [-0.15, -0.1) is 11.3 Å². The summed E-state index contributed by atoms with van der Waals surface area (Å²) in [5.41, 5.74) is 8.62. The molecule has 1 unspecified atom stereocenters. The first kappa shape index (κ1) is 11.4. The van der Waals surface area contributed by atoms with Gasteiger partial charge in [0, 0.05) is 22.9 Å². The van der Waals surface area contributed by atoms with Crippen LogP contribution in [-0.2, 0) is 6.42 Å². The van der Waals surface area contributed by atoms with Crippen molar-refractivity contribution in [1.29, 1.82) is 0 Å². The van der Waals surface area contributed by atoms with Gasteiger partial charge in [-0.3, -0.25) is 0 Å². The highest BCUT2D eigenvalue weighted by Gasteiger charge is 2.18. The lowest BCUT2D eigenvalue weighted by atomic mass is 10.00. The van der Waals surface area contributed by atoms with Gasteiger partial charge in [-0.05, 0) is 37.8 Å². The molecule has 0 radical (unpaired) electrons. The quantitative estimate of drug-likeness (QED) is 0.884. The normalized spacial score (nSPS) is 13.0. The average Bonchev–Trinajstić information content (AvgIpc) is 2.77. The molecule has 0 aliphatic rings. The fourth-order valence-corrected chi connectivity index (χ4v) is 2.87. The standard InChI is InChI=1S/C13H17NOS/c1-8-9(2)15-10(3)13(8)12(14)7-11-5-4-6-16-11/h4-6,12H,7,14H2,1-3H3. The second-order valence-electron chi connectivity index (χ2n) is 4.14. The van der Waals surface area contributed by atoms with Crippen molar-refractivity contribution in [3.8, 4) is 0 Å². The zero-order valence-electron chi connectivity index (χ0n) is 9.91. The number of thiophene rings is 1. The van der Waals surface area contributed by atoms with Crippen molar-refractivity contribution in [2.75, 3.05) is 0 Å². The van der Waals surface area contributed by atoms with Gasteiger partial charge >= 0.3 is 0 Å². The summed E-state index contributed by atoms with van der Waals surface area (Å²) in [4.78, 5) is 1.32. The van der Waals surface area contributed by atoms with Crippen LogP contribution < -0.4 is 5.73 Å². The number of hydrogen-bond acceptors (Lipinski definition) is 3. The Balaban J connectivity index is 2.24. The Hall–Kier alpha value is -1.06. The summed E-state index contributed by atoms with van der Waals surface area (Å²) < 4.78 is 5.61. The van der Waals surface area contributed by atoms with E-state index in [1.807, 2.05) is 13.8 Å². The van der Waals surface area contributed by atoms with E-state index >= 15 is 0 Å². The minimum atomic E-state index is 0.0381. The molecular formula is C13H17NOS. The van der Waals surface area contributed by atoms with E-state index in [1.54, 1.807) is 11.3 Å². The molecule has 0 aliphatic carbocycles. The summed E-state index contributed by atoms with van der Waals surface area (Å²) >= 11 is 1.75. The lowest BCUT2D eigenvalue weighted by Crippen LogP contribution is -2.14. The van der Waals surface area contributed by atoms with E-state index in [0.29, 0.717) is 0 Å². The van der Waals surface area contributed by atoms with Crippen LogP contribution in [0, 0.1) is 20.8 Å². The number of aryl methyl sites for hydroxylation is 2. The minimum absolute atomic E-state index is 0.0381. The third kappa shape index (κ3) is 2.06. The maximum absolute atomic E-state index is 6.25. The molecule has 0 aliphatic heterocycles. The van der Waals surface area contributed by atoms with Crippen molar-refractivity contribution in [2.45, 2.75) is 33.2 Å². The lowest BCUT2D eigenvalue weighted by Gasteiger charge is -2.10. The topological polar surface area (TPSA) is 39.2 Å². The maximum atomic E-state index is 6.25. The van der Waals surface area contributed by atoms with Crippen LogP contribution in [0.3, 0.4) is 0 Å². The van der Waals surface area contributed by atoms with Crippen LogP contribution in [0.4, 0.5) is 0 Å². The molecule has 2 heterocycles. The summed E-state index contributed by atoms with van der Waals surface area (Å²) in [5, 5.41) is 2.09. The van der Waals surface area contributed by atoms with Gasteiger partial charge in [-0.1, -0.05) is 6.07 Å². The zero-order chi connectivity index (χ0) is 11.7. The lowest BCUT2D eigenvalue weighted by molar-refractivity contribution is 0.496. The van der Waals surface area contributed by atoms with Gasteiger partial charge in [-0.25, -0.2) is 0 Å². The van der Waals surface area contributed by atoms with Crippen LogP contribution in [0.1, 0.15) is 33.6 Å². The summed E-state index contributed by atoms with van der Waals surface area (Å²) in [6.45, 7) is 6.06. The van der Waals surface area contributed by atoms with E-state index in [1.165, 1.54) is 16.0 Å². The van der Waals surface area contributed by atoms with E-state index in [-0.39, 0.29) is 6.04 Å². The van der Waals surface area contributed by atoms with Gasteiger partial charge in [-0.2, -0.15) is 0 Å². The highest BCUT2D eigenvalue weighted by atomic mass is 32.1. The minimum Gasteiger partial charge on any atom is -0.466 e. The number of furan rings is 1. The first-order valence-corrected chi connectivity index (χ1v) is 6.32. The van der Waals surface area contributed by atoms with Crippen molar-refractivity contribution < 1.29 is 4.42 Å². The Labute approximate surface area is 100 Å². The van der Waals surface area contributed by atoms with Gasteiger partial charge in [0.25, 0.3) is 0 Å². The SMILES string of the molecule is Cc1oc(C)c(C(N)Cc2cccs2)c1C. The molecule has 2 aromatic rings. The fourth-order valence-electron chi connectivity index (χ4n) is 2.10. The Bertz CT molecular complexity index is 470. The molecule has 0 aromatic carbocycles. The predicted octanol–water partition coefficient (Wildman–Crippen LogP) is 3.51. The van der Waals surface area contributed by atoms with Crippen molar-refractivity contribution in [3.05, 3.63) is 45.0 Å². The molecule has 0 bridgehead atoms. The first-order valence-electron chi connectivity index (χ1n) is 5.44. The Morgan fingerprint density at radius 1 is 1.31 bits per heavy atom. The molecule has 0 saturated carbocycles. The first-order chi connectivity index (χ1) is 7.59. The van der Waals surface area contributed by atoms with Crippen molar-refractivity contribution in [1.82, 2.24) is 0 Å². The van der Waals surface area contributed by atoms with Crippen molar-refractivity contribution >= 4 is 11.3 Å². The van der Waals surface area contributed by atoms with Crippen LogP contribution in [0.15, 0.2) is 21.9 Å². The van der Waals surface area contributed by atoms with Crippen LogP contribution in [-0.4, -0.2) is 0 Å². The molecule has 2 N–H and O–H groups in total. The summed E-state index contributed by atoms with van der Waals surface area (Å²) in [5.74, 6) is 1.94. The molecule has 0 saturated heterocycles. The maximum Gasteiger partial charge on any atom is 0.106 e. The molecule has 2 rings (SSSR count). The number of nitrogens with two attached hydrogens (primary N) is 1. The Morgan fingerprint density at radius 2 is 2.06 bits per heavy atom. The molecule has 3 heteroatoms. The van der Waals surface area contributed by atoms with Gasteiger partial charge in [0.1, 0.15) is 11.5 Å². The molecule has 86 valence electrons. The molecule has 0 spiro atoms. The zero-order valence-corrected chi connectivity index (χ0v) is 10.7. The van der Waals surface area contributed by atoms with E-state index in [0.717, 1.165) is 17.9 Å². The highest BCUT2D eigenvalue weighted by Crippen LogP contribution is 2.28. The Kier molecular flexibility index (Phi) is 3.17. The van der Waals surface area contributed by atoms with Gasteiger partial charge in [0.2, 0.25) is 0 Å². The Morgan fingerprint density at radius 3 is 2.56 bits per heavy atom. The highest BCUT2D eigenvalue weighted by molar-refractivity contribution is 7.09. The summed E-state index contributed by atoms with van der Waals surface area (Å²) in [6, 6.07) is 4.23. The molecule has 0 amide bonds. The molecular weight excluding hydrogens is 218 g/mol. The van der Waals surface area contributed by atoms with Gasteiger partial charge in [0.05, 0.1) is 0 Å². The van der Waals surface area contributed by atoms with Crippen LogP contribution in [0.25, 0.3) is 0 Å². The molecule has 1 atom stereocenters. The van der Waals surface area contributed by atoms with Gasteiger partial charge < -0.3 is 10.2 Å². The molecule has 2 nitrogen and oxygen atoms in total. The van der Waals surface area contributed by atoms with Crippen molar-refractivity contribution in [3.63, 3.8) is 0 Å². The molecule has 0 fully saturated rings. The largest absolute Gasteiger partial charge is 0.466 e. The predicted molar refractivity (Wildman–Crippen MR) is 67.9 cm³/mol. The van der Waals surface area contributed by atoms with E-state index in [2.05, 4.69) is 24.4 Å². The van der Waals surface area contributed by atoms with E-state index in [9.17, 15) is 0 Å². The van der Waals surface area contributed by atoms with E-state index < -0.39 is 0 Å². The smallest absolute Gasteiger partial charge is 0.106 e. The summed E-state index contributed by atoms with van der Waals surface area (Å²) in [6.07, 6.45) is 0.887. The number of hydrogen-bond donors (Lipinski definition) is 1. The summed E-state index contributed by atoms with van der Waals surface area (Å²) in [7, 11) is 0. The van der Waals surface area contributed by atoms with Crippen LogP contribution in [0.2, 0.25) is 0 Å². The molecule has 16 heavy (non-hydrogen) atoms. The monoisotopic (exact) mass is 235 g/mol. The van der Waals surface area contributed by atoms with Crippen LogP contribution in [0.5, 0.6) is 0 Å².